The van der Waals surface area contributed by atoms with E-state index in [1.807, 2.05) is 97.1 Å². The first-order chi connectivity index (χ1) is 20.2. The molecule has 0 aromatic heterocycles. The Morgan fingerprint density at radius 3 is 1.61 bits per heavy atom. The zero-order chi connectivity index (χ0) is 28.3. The largest absolute Gasteiger partial charge is 0.450 e. The Hall–Kier alpha value is -3.85. The molecule has 5 atom stereocenters. The predicted octanol–water partition coefficient (Wildman–Crippen LogP) is 5.32. The summed E-state index contributed by atoms with van der Waals surface area (Å²) >= 11 is 0. The minimum atomic E-state index is -1.45. The summed E-state index contributed by atoms with van der Waals surface area (Å²) in [4.78, 5) is 13.1. The number of ether oxygens (including phenoxy) is 5. The van der Waals surface area contributed by atoms with Gasteiger partial charge >= 0.3 is 5.97 Å². The molecular weight excluding hydrogens is 520 g/mol. The standard InChI is InChI=1S/C34H34O7/c35-33(28-19-11-4-12-20-28)41-32-31(39-23-27-17-9-3-10-18-27)30(38-22-26-15-7-2-8-16-26)29(40-34(32)36)24-37-21-25-13-5-1-6-14-25/h1-20,29-32,34,36H,21-24H2/t29-,30-,31+,32-,34-/m1/s1. The normalized spacial score (nSPS) is 22.2. The SMILES string of the molecule is O=C(O[C@@H]1[C@@H](OCc2ccccc2)[C@H](OCc2ccccc2)[C@@H](COCc2ccccc2)O[C@H]1O)c1ccccc1. The second-order valence-electron chi connectivity index (χ2n) is 9.82. The first-order valence-electron chi connectivity index (χ1n) is 13.7. The number of carbonyl (C=O) groups excluding carboxylic acids is 1. The minimum absolute atomic E-state index is 0.135. The van der Waals surface area contributed by atoms with E-state index in [4.69, 9.17) is 23.7 Å². The summed E-state index contributed by atoms with van der Waals surface area (Å²) in [6.07, 6.45) is -4.85. The summed E-state index contributed by atoms with van der Waals surface area (Å²) in [6.45, 7) is 0.991. The van der Waals surface area contributed by atoms with Gasteiger partial charge in [-0.2, -0.15) is 0 Å². The molecule has 4 aromatic carbocycles. The van der Waals surface area contributed by atoms with Gasteiger partial charge in [0.2, 0.25) is 0 Å². The van der Waals surface area contributed by atoms with Crippen LogP contribution in [-0.4, -0.2) is 48.4 Å². The maximum absolute atomic E-state index is 13.1. The van der Waals surface area contributed by atoms with Gasteiger partial charge in [-0.05, 0) is 28.8 Å². The van der Waals surface area contributed by atoms with Crippen LogP contribution in [0.3, 0.4) is 0 Å². The molecule has 0 aliphatic carbocycles. The third kappa shape index (κ3) is 8.10. The molecule has 0 unspecified atom stereocenters. The Morgan fingerprint density at radius 2 is 1.07 bits per heavy atom. The number of esters is 1. The third-order valence-corrected chi connectivity index (χ3v) is 6.83. The van der Waals surface area contributed by atoms with Crippen LogP contribution in [0.4, 0.5) is 0 Å². The van der Waals surface area contributed by atoms with Gasteiger partial charge in [-0.3, -0.25) is 0 Å². The molecule has 1 fully saturated rings. The maximum atomic E-state index is 13.1. The number of aliphatic hydroxyl groups is 1. The quantitative estimate of drug-likeness (QED) is 0.238. The minimum Gasteiger partial charge on any atom is -0.450 e. The van der Waals surface area contributed by atoms with Crippen molar-refractivity contribution in [2.45, 2.75) is 50.5 Å². The Bertz CT molecular complexity index is 1320. The fraction of sp³-hybridized carbons (Fsp3) is 0.265. The van der Waals surface area contributed by atoms with Crippen molar-refractivity contribution >= 4 is 5.97 Å². The van der Waals surface area contributed by atoms with Crippen LogP contribution in [0, 0.1) is 0 Å². The van der Waals surface area contributed by atoms with Crippen molar-refractivity contribution in [2.24, 2.45) is 0 Å². The molecule has 1 saturated heterocycles. The van der Waals surface area contributed by atoms with E-state index in [-0.39, 0.29) is 19.8 Å². The molecule has 7 heteroatoms. The number of aliphatic hydroxyl groups excluding tert-OH is 1. The van der Waals surface area contributed by atoms with Crippen molar-refractivity contribution in [2.75, 3.05) is 6.61 Å². The van der Waals surface area contributed by atoms with Crippen LogP contribution >= 0.6 is 0 Å². The van der Waals surface area contributed by atoms with Crippen molar-refractivity contribution < 1.29 is 33.6 Å². The van der Waals surface area contributed by atoms with Crippen LogP contribution < -0.4 is 0 Å². The highest BCUT2D eigenvalue weighted by Gasteiger charge is 2.49. The molecule has 1 N–H and O–H groups in total. The average Bonchev–Trinajstić information content (AvgIpc) is 3.02. The zero-order valence-corrected chi connectivity index (χ0v) is 22.7. The lowest BCUT2D eigenvalue weighted by molar-refractivity contribution is -0.306. The van der Waals surface area contributed by atoms with Crippen molar-refractivity contribution in [3.63, 3.8) is 0 Å². The van der Waals surface area contributed by atoms with Gasteiger partial charge in [0.25, 0.3) is 0 Å². The molecule has 0 amide bonds. The monoisotopic (exact) mass is 554 g/mol. The highest BCUT2D eigenvalue weighted by Crippen LogP contribution is 2.30. The molecular formula is C34H34O7. The van der Waals surface area contributed by atoms with Crippen LogP contribution in [0.15, 0.2) is 121 Å². The fourth-order valence-corrected chi connectivity index (χ4v) is 4.71. The summed E-state index contributed by atoms with van der Waals surface area (Å²) < 4.78 is 30.7. The fourth-order valence-electron chi connectivity index (χ4n) is 4.71. The van der Waals surface area contributed by atoms with Crippen molar-refractivity contribution in [1.29, 1.82) is 0 Å². The molecule has 0 spiro atoms. The molecule has 5 rings (SSSR count). The summed E-state index contributed by atoms with van der Waals surface area (Å²) in [5, 5.41) is 11.1. The summed E-state index contributed by atoms with van der Waals surface area (Å²) in [6, 6.07) is 37.8. The lowest BCUT2D eigenvalue weighted by atomic mass is 9.98. The topological polar surface area (TPSA) is 83.5 Å². The van der Waals surface area contributed by atoms with Crippen LogP contribution in [-0.2, 0) is 43.5 Å². The average molecular weight is 555 g/mol. The van der Waals surface area contributed by atoms with Gasteiger partial charge in [-0.25, -0.2) is 4.79 Å². The molecule has 0 radical (unpaired) electrons. The Labute approximate surface area is 240 Å². The van der Waals surface area contributed by atoms with Crippen molar-refractivity contribution in [3.05, 3.63) is 144 Å². The van der Waals surface area contributed by atoms with Gasteiger partial charge in [0, 0.05) is 0 Å². The third-order valence-electron chi connectivity index (χ3n) is 6.83. The highest BCUT2D eigenvalue weighted by atomic mass is 16.7. The van der Waals surface area contributed by atoms with Crippen molar-refractivity contribution in [1.82, 2.24) is 0 Å². The Balaban J connectivity index is 1.39. The zero-order valence-electron chi connectivity index (χ0n) is 22.7. The van der Waals surface area contributed by atoms with E-state index in [1.54, 1.807) is 24.3 Å². The number of rotatable bonds is 12. The molecule has 1 heterocycles. The van der Waals surface area contributed by atoms with Crippen LogP contribution in [0.1, 0.15) is 27.0 Å². The van der Waals surface area contributed by atoms with E-state index < -0.39 is 36.7 Å². The van der Waals surface area contributed by atoms with Gasteiger partial charge in [0.1, 0.15) is 18.3 Å². The predicted molar refractivity (Wildman–Crippen MR) is 153 cm³/mol. The molecule has 4 aromatic rings. The molecule has 0 saturated carbocycles. The number of carbonyl (C=O) groups is 1. The summed E-state index contributed by atoms with van der Waals surface area (Å²) in [5.74, 6) is -0.591. The molecule has 1 aliphatic heterocycles. The molecule has 41 heavy (non-hydrogen) atoms. The van der Waals surface area contributed by atoms with Gasteiger partial charge in [-0.15, -0.1) is 0 Å². The number of hydrogen-bond acceptors (Lipinski definition) is 7. The molecule has 7 nitrogen and oxygen atoms in total. The maximum Gasteiger partial charge on any atom is 0.338 e. The lowest BCUT2D eigenvalue weighted by Gasteiger charge is -2.44. The van der Waals surface area contributed by atoms with Gasteiger partial charge < -0.3 is 28.8 Å². The lowest BCUT2D eigenvalue weighted by Crippen LogP contribution is -2.61. The Kier molecular flexibility index (Phi) is 10.3. The van der Waals surface area contributed by atoms with Crippen molar-refractivity contribution in [3.8, 4) is 0 Å². The molecule has 1 aliphatic rings. The highest BCUT2D eigenvalue weighted by molar-refractivity contribution is 5.89. The molecule has 212 valence electrons. The van der Waals surface area contributed by atoms with Gasteiger partial charge in [-0.1, -0.05) is 109 Å². The van der Waals surface area contributed by atoms with E-state index in [1.165, 1.54) is 0 Å². The van der Waals surface area contributed by atoms with E-state index >= 15 is 0 Å². The number of hydrogen-bond donors (Lipinski definition) is 1. The summed E-state index contributed by atoms with van der Waals surface area (Å²) in [7, 11) is 0. The molecule has 0 bridgehead atoms. The van der Waals surface area contributed by atoms with Gasteiger partial charge in [0.15, 0.2) is 12.4 Å². The summed E-state index contributed by atoms with van der Waals surface area (Å²) in [5.41, 5.74) is 3.26. The smallest absolute Gasteiger partial charge is 0.338 e. The second kappa shape index (κ2) is 14.7. The van der Waals surface area contributed by atoms with E-state index in [0.29, 0.717) is 12.2 Å². The van der Waals surface area contributed by atoms with Crippen LogP contribution in [0.2, 0.25) is 0 Å². The first-order valence-corrected chi connectivity index (χ1v) is 13.7. The van der Waals surface area contributed by atoms with E-state index in [2.05, 4.69) is 0 Å². The van der Waals surface area contributed by atoms with E-state index in [0.717, 1.165) is 16.7 Å². The van der Waals surface area contributed by atoms with Crippen LogP contribution in [0.5, 0.6) is 0 Å². The first kappa shape index (κ1) is 28.7. The van der Waals surface area contributed by atoms with Crippen LogP contribution in [0.25, 0.3) is 0 Å². The number of benzene rings is 4. The Morgan fingerprint density at radius 1 is 0.610 bits per heavy atom. The second-order valence-corrected chi connectivity index (χ2v) is 9.82. The van der Waals surface area contributed by atoms with E-state index in [9.17, 15) is 9.90 Å². The van der Waals surface area contributed by atoms with Gasteiger partial charge in [0.05, 0.1) is 32.0 Å².